The van der Waals surface area contributed by atoms with Gasteiger partial charge in [0, 0.05) is 12.1 Å². The van der Waals surface area contributed by atoms with Gasteiger partial charge in [0.15, 0.2) is 0 Å². The van der Waals surface area contributed by atoms with Gasteiger partial charge in [-0.05, 0) is 48.7 Å². The number of benzene rings is 2. The molecule has 0 saturated heterocycles. The molecule has 4 rings (SSSR count). The lowest BCUT2D eigenvalue weighted by Crippen LogP contribution is -2.32. The number of aromatic amines is 1. The molecule has 6 heteroatoms. The molecule has 0 unspecified atom stereocenters. The zero-order valence-corrected chi connectivity index (χ0v) is 15.2. The van der Waals surface area contributed by atoms with Gasteiger partial charge in [-0.15, -0.1) is 0 Å². The maximum absolute atomic E-state index is 13.0. The minimum absolute atomic E-state index is 0.0818. The van der Waals surface area contributed by atoms with Crippen molar-refractivity contribution in [2.45, 2.75) is 26.5 Å². The summed E-state index contributed by atoms with van der Waals surface area (Å²) in [5.74, 6) is 0.400. The van der Waals surface area contributed by atoms with E-state index >= 15 is 0 Å². The highest BCUT2D eigenvalue weighted by atomic mass is 16.5. The molecule has 1 aromatic heterocycles. The number of hydrogen-bond donors (Lipinski definition) is 1. The maximum atomic E-state index is 13.0. The van der Waals surface area contributed by atoms with E-state index in [2.05, 4.69) is 9.97 Å². The van der Waals surface area contributed by atoms with E-state index in [0.29, 0.717) is 35.4 Å². The molecule has 27 heavy (non-hydrogen) atoms. The van der Waals surface area contributed by atoms with Gasteiger partial charge in [0.1, 0.15) is 5.82 Å². The van der Waals surface area contributed by atoms with Crippen LogP contribution in [0.5, 0.6) is 0 Å². The second kappa shape index (κ2) is 7.32. The standard InChI is InChI=1S/C21H21N3O3/c1-2-24(12-19-22-18-6-4-3-5-17(18)20(25)23-19)21(26)15-8-7-14-9-10-27-13-16(14)11-15/h3-8,11H,2,9-10,12-13H2,1H3,(H,22,23,25). The Morgan fingerprint density at radius 1 is 1.22 bits per heavy atom. The highest BCUT2D eigenvalue weighted by Crippen LogP contribution is 2.20. The minimum Gasteiger partial charge on any atom is -0.376 e. The summed E-state index contributed by atoms with van der Waals surface area (Å²) in [4.78, 5) is 34.2. The molecule has 1 aliphatic heterocycles. The van der Waals surface area contributed by atoms with E-state index in [1.165, 1.54) is 5.56 Å². The van der Waals surface area contributed by atoms with E-state index in [-0.39, 0.29) is 18.0 Å². The van der Waals surface area contributed by atoms with Gasteiger partial charge >= 0.3 is 0 Å². The van der Waals surface area contributed by atoms with Crippen molar-refractivity contribution in [2.24, 2.45) is 0 Å². The molecule has 0 bridgehead atoms. The smallest absolute Gasteiger partial charge is 0.258 e. The van der Waals surface area contributed by atoms with E-state index in [4.69, 9.17) is 4.74 Å². The molecule has 1 aliphatic rings. The van der Waals surface area contributed by atoms with Crippen molar-refractivity contribution in [1.29, 1.82) is 0 Å². The van der Waals surface area contributed by atoms with Gasteiger partial charge in [0.2, 0.25) is 0 Å². The van der Waals surface area contributed by atoms with Crippen molar-refractivity contribution < 1.29 is 9.53 Å². The predicted molar refractivity (Wildman–Crippen MR) is 103 cm³/mol. The van der Waals surface area contributed by atoms with Crippen LogP contribution in [0.1, 0.15) is 34.2 Å². The number of H-pyrrole nitrogens is 1. The number of nitrogens with one attached hydrogen (secondary N) is 1. The zero-order chi connectivity index (χ0) is 18.8. The molecule has 1 amide bonds. The molecule has 0 atom stereocenters. The van der Waals surface area contributed by atoms with Crippen LogP contribution in [0.4, 0.5) is 0 Å². The molecule has 0 fully saturated rings. The molecular formula is C21H21N3O3. The SMILES string of the molecule is CCN(Cc1nc2ccccc2c(=O)[nH]1)C(=O)c1ccc2c(c1)COCC2. The molecule has 6 nitrogen and oxygen atoms in total. The quantitative estimate of drug-likeness (QED) is 0.773. The Morgan fingerprint density at radius 3 is 2.93 bits per heavy atom. The largest absolute Gasteiger partial charge is 0.376 e. The Hall–Kier alpha value is -2.99. The van der Waals surface area contributed by atoms with Crippen molar-refractivity contribution in [3.05, 3.63) is 75.3 Å². The van der Waals surface area contributed by atoms with Crippen LogP contribution < -0.4 is 5.56 Å². The number of fused-ring (bicyclic) bond motifs is 2. The second-order valence-electron chi connectivity index (χ2n) is 6.64. The molecule has 1 N–H and O–H groups in total. The fourth-order valence-electron chi connectivity index (χ4n) is 3.40. The Morgan fingerprint density at radius 2 is 2.07 bits per heavy atom. The number of ether oxygens (including phenoxy) is 1. The summed E-state index contributed by atoms with van der Waals surface area (Å²) < 4.78 is 5.49. The first-order valence-electron chi connectivity index (χ1n) is 9.12. The van der Waals surface area contributed by atoms with Gasteiger partial charge in [-0.3, -0.25) is 9.59 Å². The maximum Gasteiger partial charge on any atom is 0.258 e. The number of aromatic nitrogens is 2. The number of nitrogens with zero attached hydrogens (tertiary/aromatic N) is 2. The van der Waals surface area contributed by atoms with Crippen LogP contribution in [0, 0.1) is 0 Å². The molecule has 2 aromatic carbocycles. The lowest BCUT2D eigenvalue weighted by molar-refractivity contribution is 0.0747. The molecule has 0 aliphatic carbocycles. The molecule has 0 saturated carbocycles. The number of amides is 1. The summed E-state index contributed by atoms with van der Waals surface area (Å²) in [6.07, 6.45) is 0.879. The van der Waals surface area contributed by atoms with Gasteiger partial charge < -0.3 is 14.6 Å². The van der Waals surface area contributed by atoms with Crippen molar-refractivity contribution in [1.82, 2.24) is 14.9 Å². The average molecular weight is 363 g/mol. The van der Waals surface area contributed by atoms with Crippen LogP contribution in [-0.4, -0.2) is 33.9 Å². The first-order valence-corrected chi connectivity index (χ1v) is 9.12. The van der Waals surface area contributed by atoms with Crippen LogP contribution in [0.2, 0.25) is 0 Å². The Balaban J connectivity index is 1.60. The Kier molecular flexibility index (Phi) is 4.73. The highest BCUT2D eigenvalue weighted by Gasteiger charge is 2.18. The molecule has 3 aromatic rings. The predicted octanol–water partition coefficient (Wildman–Crippen LogP) is 2.66. The van der Waals surface area contributed by atoms with E-state index in [9.17, 15) is 9.59 Å². The fourth-order valence-corrected chi connectivity index (χ4v) is 3.40. The van der Waals surface area contributed by atoms with E-state index < -0.39 is 0 Å². The third-order valence-corrected chi connectivity index (χ3v) is 4.90. The first-order chi connectivity index (χ1) is 13.2. The van der Waals surface area contributed by atoms with E-state index in [1.54, 1.807) is 23.1 Å². The Labute approximate surface area is 156 Å². The normalized spacial score (nSPS) is 13.4. The monoisotopic (exact) mass is 363 g/mol. The van der Waals surface area contributed by atoms with Gasteiger partial charge in [0.05, 0.1) is 30.7 Å². The number of hydrogen-bond acceptors (Lipinski definition) is 4. The summed E-state index contributed by atoms with van der Waals surface area (Å²) in [5.41, 5.74) is 3.38. The highest BCUT2D eigenvalue weighted by molar-refractivity contribution is 5.94. The topological polar surface area (TPSA) is 75.3 Å². The minimum atomic E-state index is -0.190. The first kappa shape index (κ1) is 17.4. The number of para-hydroxylation sites is 1. The third-order valence-electron chi connectivity index (χ3n) is 4.90. The number of carbonyl (C=O) groups excluding carboxylic acids is 1. The van der Waals surface area contributed by atoms with E-state index in [1.807, 2.05) is 31.2 Å². The van der Waals surface area contributed by atoms with Crippen molar-refractivity contribution >= 4 is 16.8 Å². The number of rotatable bonds is 4. The molecule has 138 valence electrons. The molecular weight excluding hydrogens is 342 g/mol. The summed E-state index contributed by atoms with van der Waals surface area (Å²) in [6.45, 7) is 3.95. The molecule has 0 spiro atoms. The summed E-state index contributed by atoms with van der Waals surface area (Å²) >= 11 is 0. The Bertz CT molecular complexity index is 1060. The second-order valence-corrected chi connectivity index (χ2v) is 6.64. The van der Waals surface area contributed by atoms with Crippen LogP contribution in [0.15, 0.2) is 47.3 Å². The summed E-state index contributed by atoms with van der Waals surface area (Å²) in [7, 11) is 0. The van der Waals surface area contributed by atoms with Crippen LogP contribution in [-0.2, 0) is 24.3 Å². The lowest BCUT2D eigenvalue weighted by atomic mass is 10.00. The average Bonchev–Trinajstić information content (AvgIpc) is 2.71. The van der Waals surface area contributed by atoms with Gasteiger partial charge in [0.25, 0.3) is 11.5 Å². The van der Waals surface area contributed by atoms with Crippen LogP contribution >= 0.6 is 0 Å². The molecule has 0 radical (unpaired) electrons. The van der Waals surface area contributed by atoms with Crippen LogP contribution in [0.3, 0.4) is 0 Å². The van der Waals surface area contributed by atoms with Gasteiger partial charge in [-0.2, -0.15) is 0 Å². The lowest BCUT2D eigenvalue weighted by Gasteiger charge is -2.22. The van der Waals surface area contributed by atoms with Crippen molar-refractivity contribution in [3.63, 3.8) is 0 Å². The fraction of sp³-hybridized carbons (Fsp3) is 0.286. The summed E-state index contributed by atoms with van der Waals surface area (Å²) in [6, 6.07) is 13.0. The van der Waals surface area contributed by atoms with Gasteiger partial charge in [-0.1, -0.05) is 18.2 Å². The van der Waals surface area contributed by atoms with Crippen LogP contribution in [0.25, 0.3) is 10.9 Å². The number of carbonyl (C=O) groups is 1. The van der Waals surface area contributed by atoms with Crippen molar-refractivity contribution in [2.75, 3.05) is 13.2 Å². The van der Waals surface area contributed by atoms with E-state index in [0.717, 1.165) is 18.6 Å². The zero-order valence-electron chi connectivity index (χ0n) is 15.2. The third kappa shape index (κ3) is 3.48. The van der Waals surface area contributed by atoms with Crippen molar-refractivity contribution in [3.8, 4) is 0 Å². The van der Waals surface area contributed by atoms with Gasteiger partial charge in [-0.25, -0.2) is 4.98 Å². The molecule has 2 heterocycles. The summed E-state index contributed by atoms with van der Waals surface area (Å²) in [5, 5.41) is 0.547.